The topological polar surface area (TPSA) is 17.1 Å². The summed E-state index contributed by atoms with van der Waals surface area (Å²) in [5.41, 5.74) is 1.43. The van der Waals surface area contributed by atoms with Gasteiger partial charge in [0.05, 0.1) is 0 Å². The van der Waals surface area contributed by atoms with E-state index >= 15 is 0 Å². The van der Waals surface area contributed by atoms with Crippen LogP contribution in [0.1, 0.15) is 39.0 Å². The second kappa shape index (κ2) is 4.80. The molecule has 0 amide bonds. The van der Waals surface area contributed by atoms with Gasteiger partial charge in [-0.25, -0.2) is 0 Å². The van der Waals surface area contributed by atoms with Gasteiger partial charge in [0.1, 0.15) is 6.29 Å². The molecule has 74 valence electrons. The minimum absolute atomic E-state index is 0.0912. The van der Waals surface area contributed by atoms with Gasteiger partial charge in [-0.05, 0) is 31.6 Å². The number of allylic oxidation sites excluding steroid dienone is 1. The molecule has 13 heavy (non-hydrogen) atoms. The average molecular weight is 201 g/mol. The van der Waals surface area contributed by atoms with E-state index in [1.165, 1.54) is 18.4 Å². The Morgan fingerprint density at radius 2 is 2.38 bits per heavy atom. The number of halogens is 1. The lowest BCUT2D eigenvalue weighted by Crippen LogP contribution is -2.17. The Bertz CT molecular complexity index is 200. The number of carbonyl (C=O) groups excluding carboxylic acids is 1. The maximum Gasteiger partial charge on any atom is 0.126 e. The van der Waals surface area contributed by atoms with Gasteiger partial charge >= 0.3 is 0 Å². The molecule has 0 heterocycles. The largest absolute Gasteiger partial charge is 0.303 e. The molecule has 1 rings (SSSR count). The smallest absolute Gasteiger partial charge is 0.126 e. The standard InChI is InChI=1S/C11H17ClO/c1-2-10-4-6-11(8-10,9-13)5-3-7-12/h3,7,9-10H,2,4-6,8H2,1H3/b7-3+. The molecule has 1 saturated carbocycles. The number of hydrogen-bond donors (Lipinski definition) is 0. The molecule has 1 aliphatic carbocycles. The summed E-state index contributed by atoms with van der Waals surface area (Å²) in [6.45, 7) is 2.20. The van der Waals surface area contributed by atoms with Crippen molar-refractivity contribution in [3.8, 4) is 0 Å². The van der Waals surface area contributed by atoms with E-state index in [1.54, 1.807) is 0 Å². The van der Waals surface area contributed by atoms with E-state index in [9.17, 15) is 4.79 Å². The van der Waals surface area contributed by atoms with Crippen molar-refractivity contribution in [3.05, 3.63) is 11.6 Å². The Morgan fingerprint density at radius 3 is 2.85 bits per heavy atom. The zero-order chi connectivity index (χ0) is 9.73. The first-order chi connectivity index (χ1) is 6.26. The van der Waals surface area contributed by atoms with Gasteiger partial charge in [-0.3, -0.25) is 0 Å². The quantitative estimate of drug-likeness (QED) is 0.635. The highest BCUT2D eigenvalue weighted by Crippen LogP contribution is 2.44. The molecule has 0 aromatic carbocycles. The maximum atomic E-state index is 11.0. The molecule has 1 fully saturated rings. The van der Waals surface area contributed by atoms with Gasteiger partial charge < -0.3 is 4.79 Å². The molecule has 0 saturated heterocycles. The molecule has 0 bridgehead atoms. The first kappa shape index (κ1) is 10.8. The third-order valence-electron chi connectivity index (χ3n) is 3.19. The summed E-state index contributed by atoms with van der Waals surface area (Å²) in [6.07, 6.45) is 8.33. The van der Waals surface area contributed by atoms with Crippen molar-refractivity contribution in [1.82, 2.24) is 0 Å². The van der Waals surface area contributed by atoms with Crippen molar-refractivity contribution in [1.29, 1.82) is 0 Å². The van der Waals surface area contributed by atoms with Crippen molar-refractivity contribution in [2.75, 3.05) is 0 Å². The maximum absolute atomic E-state index is 11.0. The summed E-state index contributed by atoms with van der Waals surface area (Å²) >= 11 is 5.47. The molecule has 0 radical (unpaired) electrons. The molecule has 2 unspecified atom stereocenters. The summed E-state index contributed by atoms with van der Waals surface area (Å²) in [5, 5.41) is 0. The van der Waals surface area contributed by atoms with Crippen LogP contribution in [0.5, 0.6) is 0 Å². The minimum Gasteiger partial charge on any atom is -0.303 e. The van der Waals surface area contributed by atoms with E-state index in [4.69, 9.17) is 11.6 Å². The second-order valence-corrected chi connectivity index (χ2v) is 4.32. The summed E-state index contributed by atoms with van der Waals surface area (Å²) in [5.74, 6) is 0.744. The van der Waals surface area contributed by atoms with Gasteiger partial charge in [-0.15, -0.1) is 0 Å². The van der Waals surface area contributed by atoms with Gasteiger partial charge in [0.25, 0.3) is 0 Å². The van der Waals surface area contributed by atoms with Crippen LogP contribution in [0.15, 0.2) is 11.6 Å². The van der Waals surface area contributed by atoms with Gasteiger partial charge in [0.2, 0.25) is 0 Å². The summed E-state index contributed by atoms with van der Waals surface area (Å²) in [6, 6.07) is 0. The molecule has 0 aromatic heterocycles. The molecular weight excluding hydrogens is 184 g/mol. The third-order valence-corrected chi connectivity index (χ3v) is 3.36. The van der Waals surface area contributed by atoms with Crippen LogP contribution >= 0.6 is 11.6 Å². The van der Waals surface area contributed by atoms with Crippen LogP contribution in [0.2, 0.25) is 0 Å². The van der Waals surface area contributed by atoms with Crippen molar-refractivity contribution in [3.63, 3.8) is 0 Å². The number of carbonyl (C=O) groups is 1. The number of aldehydes is 1. The fourth-order valence-electron chi connectivity index (χ4n) is 2.24. The lowest BCUT2D eigenvalue weighted by atomic mass is 9.83. The summed E-state index contributed by atoms with van der Waals surface area (Å²) in [4.78, 5) is 11.0. The molecular formula is C11H17ClO. The number of hydrogen-bond acceptors (Lipinski definition) is 1. The molecule has 0 aliphatic heterocycles. The Balaban J connectivity index is 2.56. The Labute approximate surface area is 85.2 Å². The fraction of sp³-hybridized carbons (Fsp3) is 0.727. The molecule has 2 atom stereocenters. The normalized spacial score (nSPS) is 34.2. The van der Waals surface area contributed by atoms with Gasteiger partial charge in [-0.2, -0.15) is 0 Å². The van der Waals surface area contributed by atoms with Crippen LogP contribution in [0.25, 0.3) is 0 Å². The molecule has 0 spiro atoms. The lowest BCUT2D eigenvalue weighted by molar-refractivity contribution is -0.116. The van der Waals surface area contributed by atoms with Crippen LogP contribution in [-0.2, 0) is 4.79 Å². The second-order valence-electron chi connectivity index (χ2n) is 4.06. The van der Waals surface area contributed by atoms with Crippen molar-refractivity contribution < 1.29 is 4.79 Å². The van der Waals surface area contributed by atoms with Gasteiger partial charge in [-0.1, -0.05) is 31.0 Å². The Hall–Kier alpha value is -0.300. The Kier molecular flexibility index (Phi) is 3.98. The minimum atomic E-state index is -0.0912. The number of rotatable bonds is 4. The first-order valence-corrected chi connectivity index (χ1v) is 5.41. The van der Waals surface area contributed by atoms with Crippen LogP contribution in [0.3, 0.4) is 0 Å². The van der Waals surface area contributed by atoms with E-state index in [1.807, 2.05) is 6.08 Å². The van der Waals surface area contributed by atoms with Crippen LogP contribution in [-0.4, -0.2) is 6.29 Å². The third kappa shape index (κ3) is 2.57. The predicted molar refractivity (Wildman–Crippen MR) is 55.7 cm³/mol. The molecule has 2 heteroatoms. The van der Waals surface area contributed by atoms with Gasteiger partial charge in [0, 0.05) is 11.0 Å². The van der Waals surface area contributed by atoms with Gasteiger partial charge in [0.15, 0.2) is 0 Å². The van der Waals surface area contributed by atoms with Crippen molar-refractivity contribution >= 4 is 17.9 Å². The zero-order valence-corrected chi connectivity index (χ0v) is 8.89. The first-order valence-electron chi connectivity index (χ1n) is 4.98. The van der Waals surface area contributed by atoms with E-state index in [-0.39, 0.29) is 5.41 Å². The fourth-order valence-corrected chi connectivity index (χ4v) is 2.33. The average Bonchev–Trinajstić information content (AvgIpc) is 2.59. The van der Waals surface area contributed by atoms with E-state index in [2.05, 4.69) is 6.92 Å². The monoisotopic (exact) mass is 200 g/mol. The summed E-state index contributed by atoms with van der Waals surface area (Å²) in [7, 11) is 0. The predicted octanol–water partition coefficient (Wildman–Crippen LogP) is 3.52. The van der Waals surface area contributed by atoms with E-state index in [0.29, 0.717) is 0 Å². The SMILES string of the molecule is CCC1CCC(C=O)(C/C=C/Cl)C1. The molecule has 0 N–H and O–H groups in total. The van der Waals surface area contributed by atoms with Crippen LogP contribution in [0.4, 0.5) is 0 Å². The molecule has 1 aliphatic rings. The highest BCUT2D eigenvalue weighted by molar-refractivity contribution is 6.25. The lowest BCUT2D eigenvalue weighted by Gasteiger charge is -2.19. The van der Waals surface area contributed by atoms with E-state index < -0.39 is 0 Å². The van der Waals surface area contributed by atoms with Crippen LogP contribution in [0, 0.1) is 11.3 Å². The van der Waals surface area contributed by atoms with Crippen molar-refractivity contribution in [2.24, 2.45) is 11.3 Å². The Morgan fingerprint density at radius 1 is 1.62 bits per heavy atom. The summed E-state index contributed by atoms with van der Waals surface area (Å²) < 4.78 is 0. The van der Waals surface area contributed by atoms with Crippen LogP contribution < -0.4 is 0 Å². The molecule has 0 aromatic rings. The highest BCUT2D eigenvalue weighted by Gasteiger charge is 2.37. The van der Waals surface area contributed by atoms with Crippen molar-refractivity contribution in [2.45, 2.75) is 39.0 Å². The molecule has 1 nitrogen and oxygen atoms in total. The highest BCUT2D eigenvalue weighted by atomic mass is 35.5. The zero-order valence-electron chi connectivity index (χ0n) is 8.13. The van der Waals surface area contributed by atoms with E-state index in [0.717, 1.165) is 31.5 Å².